The Kier molecular flexibility index (Phi) is 3.28. The van der Waals surface area contributed by atoms with Gasteiger partial charge in [0.2, 0.25) is 5.72 Å². The number of carboxylic acid groups (broad SMARTS) is 1. The van der Waals surface area contributed by atoms with Crippen molar-refractivity contribution in [3.63, 3.8) is 0 Å². The average Bonchev–Trinajstić information content (AvgIpc) is 2.43. The van der Waals surface area contributed by atoms with Gasteiger partial charge in [-0.15, -0.1) is 0 Å². The smallest absolute Gasteiger partial charge is 0.354 e. The predicted molar refractivity (Wildman–Crippen MR) is 44.5 cm³/mol. The summed E-state index contributed by atoms with van der Waals surface area (Å²) >= 11 is 0. The van der Waals surface area contributed by atoms with Crippen molar-refractivity contribution in [2.24, 2.45) is 5.73 Å². The molecular weight excluding hydrogens is 210 g/mol. The number of nitrogens with two attached hydrogens (primary N) is 1. The molecule has 1 saturated heterocycles. The summed E-state index contributed by atoms with van der Waals surface area (Å²) in [5.74, 6) is -1.67. The van der Waals surface area contributed by atoms with Gasteiger partial charge in [0.25, 0.3) is 0 Å². The van der Waals surface area contributed by atoms with E-state index in [-0.39, 0.29) is 0 Å². The van der Waals surface area contributed by atoms with Crippen LogP contribution in [-0.2, 0) is 9.53 Å². The summed E-state index contributed by atoms with van der Waals surface area (Å²) in [7, 11) is 0. The maximum atomic E-state index is 10.7. The van der Waals surface area contributed by atoms with Crippen molar-refractivity contribution in [3.8, 4) is 0 Å². The van der Waals surface area contributed by atoms with Gasteiger partial charge in [-0.2, -0.15) is 0 Å². The van der Waals surface area contributed by atoms with Crippen molar-refractivity contribution in [2.75, 3.05) is 6.61 Å². The number of carbonyl (C=O) groups is 1. The normalized spacial score (nSPS) is 42.9. The molecular formula is C7H13NO7. The van der Waals surface area contributed by atoms with E-state index in [9.17, 15) is 15.0 Å². The molecule has 7 N–H and O–H groups in total. The van der Waals surface area contributed by atoms with Gasteiger partial charge in [-0.25, -0.2) is 4.79 Å². The maximum absolute atomic E-state index is 10.7. The van der Waals surface area contributed by atoms with Crippen LogP contribution in [-0.4, -0.2) is 68.2 Å². The molecule has 8 heteroatoms. The molecule has 1 rings (SSSR count). The first-order valence-corrected chi connectivity index (χ1v) is 4.19. The number of carboxylic acids is 1. The average molecular weight is 223 g/mol. The first kappa shape index (κ1) is 12.3. The van der Waals surface area contributed by atoms with Crippen LogP contribution in [0.25, 0.3) is 0 Å². The Morgan fingerprint density at radius 3 is 2.40 bits per heavy atom. The SMILES string of the molecule is N[C@@]1(C(=O)O)O[C@@H]([C@@H](O)CO)C(O)C1O. The summed E-state index contributed by atoms with van der Waals surface area (Å²) in [6.07, 6.45) is -6.50. The highest BCUT2D eigenvalue weighted by Crippen LogP contribution is 2.29. The lowest BCUT2D eigenvalue weighted by Gasteiger charge is -2.22. The van der Waals surface area contributed by atoms with Crippen molar-refractivity contribution >= 4 is 5.97 Å². The zero-order valence-corrected chi connectivity index (χ0v) is 7.65. The quantitative estimate of drug-likeness (QED) is 0.285. The summed E-state index contributed by atoms with van der Waals surface area (Å²) in [5, 5.41) is 45.1. The molecule has 2 unspecified atom stereocenters. The van der Waals surface area contributed by atoms with Crippen LogP contribution in [0.4, 0.5) is 0 Å². The van der Waals surface area contributed by atoms with Crippen LogP contribution < -0.4 is 5.73 Å². The Balaban J connectivity index is 2.89. The minimum Gasteiger partial charge on any atom is -0.478 e. The first-order chi connectivity index (χ1) is 6.84. The van der Waals surface area contributed by atoms with Gasteiger partial charge in [-0.3, -0.25) is 5.73 Å². The van der Waals surface area contributed by atoms with Crippen LogP contribution in [0.5, 0.6) is 0 Å². The zero-order chi connectivity index (χ0) is 11.8. The second-order valence-corrected chi connectivity index (χ2v) is 3.37. The second-order valence-electron chi connectivity index (χ2n) is 3.37. The van der Waals surface area contributed by atoms with Gasteiger partial charge in [0, 0.05) is 0 Å². The topological polar surface area (TPSA) is 153 Å². The van der Waals surface area contributed by atoms with Crippen molar-refractivity contribution in [2.45, 2.75) is 30.1 Å². The van der Waals surface area contributed by atoms with Crippen molar-refractivity contribution in [1.82, 2.24) is 0 Å². The summed E-state index contributed by atoms with van der Waals surface area (Å²) in [5.41, 5.74) is 2.72. The summed E-state index contributed by atoms with van der Waals surface area (Å²) in [4.78, 5) is 10.7. The van der Waals surface area contributed by atoms with E-state index in [2.05, 4.69) is 4.74 Å². The lowest BCUT2D eigenvalue weighted by atomic mass is 10.0. The molecule has 0 bridgehead atoms. The number of aliphatic carboxylic acids is 1. The van der Waals surface area contributed by atoms with E-state index in [1.165, 1.54) is 0 Å². The molecule has 1 aliphatic rings. The first-order valence-electron chi connectivity index (χ1n) is 4.19. The fraction of sp³-hybridized carbons (Fsp3) is 0.857. The highest BCUT2D eigenvalue weighted by Gasteiger charge is 2.58. The Bertz CT molecular complexity index is 260. The molecule has 5 atom stereocenters. The molecule has 0 aromatic heterocycles. The van der Waals surface area contributed by atoms with E-state index in [4.69, 9.17) is 21.1 Å². The van der Waals surface area contributed by atoms with Gasteiger partial charge in [-0.1, -0.05) is 0 Å². The Morgan fingerprint density at radius 1 is 1.53 bits per heavy atom. The number of aliphatic hydroxyl groups excluding tert-OH is 4. The third kappa shape index (κ3) is 1.83. The van der Waals surface area contributed by atoms with Gasteiger partial charge in [0.1, 0.15) is 24.4 Å². The molecule has 0 spiro atoms. The molecule has 0 radical (unpaired) electrons. The monoisotopic (exact) mass is 223 g/mol. The highest BCUT2D eigenvalue weighted by molar-refractivity contribution is 5.78. The molecule has 88 valence electrons. The number of rotatable bonds is 3. The van der Waals surface area contributed by atoms with Gasteiger partial charge < -0.3 is 30.3 Å². The van der Waals surface area contributed by atoms with Gasteiger partial charge in [-0.05, 0) is 0 Å². The molecule has 8 nitrogen and oxygen atoms in total. The Labute approximate surface area is 84.5 Å². The minimum absolute atomic E-state index is 0.746. The number of aliphatic hydroxyl groups is 4. The second kappa shape index (κ2) is 4.00. The highest BCUT2D eigenvalue weighted by atomic mass is 16.6. The summed E-state index contributed by atoms with van der Waals surface area (Å²) < 4.78 is 4.66. The number of ether oxygens (including phenoxy) is 1. The third-order valence-electron chi connectivity index (χ3n) is 2.33. The Morgan fingerprint density at radius 2 is 2.07 bits per heavy atom. The van der Waals surface area contributed by atoms with Gasteiger partial charge in [0.05, 0.1) is 6.61 Å². The van der Waals surface area contributed by atoms with Crippen molar-refractivity contribution < 1.29 is 35.1 Å². The van der Waals surface area contributed by atoms with Gasteiger partial charge in [0.15, 0.2) is 0 Å². The van der Waals surface area contributed by atoms with Crippen LogP contribution in [0.2, 0.25) is 0 Å². The van der Waals surface area contributed by atoms with Crippen LogP contribution in [0, 0.1) is 0 Å². The van der Waals surface area contributed by atoms with Crippen LogP contribution >= 0.6 is 0 Å². The molecule has 0 aromatic carbocycles. The van der Waals surface area contributed by atoms with Crippen molar-refractivity contribution in [3.05, 3.63) is 0 Å². The van der Waals surface area contributed by atoms with E-state index in [1.807, 2.05) is 0 Å². The molecule has 1 aliphatic heterocycles. The van der Waals surface area contributed by atoms with Gasteiger partial charge >= 0.3 is 5.97 Å². The molecule has 1 heterocycles. The molecule has 0 amide bonds. The van der Waals surface area contributed by atoms with E-state index >= 15 is 0 Å². The van der Waals surface area contributed by atoms with Crippen molar-refractivity contribution in [1.29, 1.82) is 0 Å². The molecule has 0 aromatic rings. The standard InChI is InChI=1S/C7H13NO7/c8-7(6(13)14)5(12)3(11)4(15-7)2(10)1-9/h2-5,9-12H,1,8H2,(H,13,14)/t2-,3?,4-,5?,7+/m0/s1. The molecule has 0 aliphatic carbocycles. The maximum Gasteiger partial charge on any atom is 0.354 e. The Hall–Kier alpha value is -0.770. The molecule has 15 heavy (non-hydrogen) atoms. The van der Waals surface area contributed by atoms with E-state index in [0.717, 1.165) is 0 Å². The fourth-order valence-electron chi connectivity index (χ4n) is 1.38. The lowest BCUT2D eigenvalue weighted by Crippen LogP contribution is -2.57. The van der Waals surface area contributed by atoms with E-state index in [0.29, 0.717) is 0 Å². The summed E-state index contributed by atoms with van der Waals surface area (Å²) in [6.45, 7) is -0.746. The van der Waals surface area contributed by atoms with Crippen LogP contribution in [0.15, 0.2) is 0 Å². The lowest BCUT2D eigenvalue weighted by molar-refractivity contribution is -0.177. The van der Waals surface area contributed by atoms with E-state index in [1.54, 1.807) is 0 Å². The van der Waals surface area contributed by atoms with Crippen LogP contribution in [0.3, 0.4) is 0 Å². The largest absolute Gasteiger partial charge is 0.478 e. The fourth-order valence-corrected chi connectivity index (χ4v) is 1.38. The van der Waals surface area contributed by atoms with Crippen LogP contribution in [0.1, 0.15) is 0 Å². The predicted octanol–water partition coefficient (Wildman–Crippen LogP) is -3.80. The zero-order valence-electron chi connectivity index (χ0n) is 7.65. The minimum atomic E-state index is -2.47. The third-order valence-corrected chi connectivity index (χ3v) is 2.33. The molecule has 0 saturated carbocycles. The molecule has 1 fully saturated rings. The van der Waals surface area contributed by atoms with E-state index < -0.39 is 42.7 Å². The number of hydrogen-bond acceptors (Lipinski definition) is 7. The summed E-state index contributed by atoms with van der Waals surface area (Å²) in [6, 6.07) is 0. The number of hydrogen-bond donors (Lipinski definition) is 6.